The van der Waals surface area contributed by atoms with Crippen LogP contribution in [0.2, 0.25) is 0 Å². The topological polar surface area (TPSA) is 44.4 Å². The van der Waals surface area contributed by atoms with Crippen molar-refractivity contribution in [3.8, 4) is 0 Å². The summed E-state index contributed by atoms with van der Waals surface area (Å²) >= 11 is 0. The quantitative estimate of drug-likeness (QED) is 0.712. The number of carbonyl (C=O) groups is 1. The maximum absolute atomic E-state index is 11.7. The van der Waals surface area contributed by atoms with Gasteiger partial charge in [0.25, 0.3) is 0 Å². The second kappa shape index (κ2) is 7.99. The normalized spacial score (nSPS) is 27.5. The first-order chi connectivity index (χ1) is 9.72. The van der Waals surface area contributed by atoms with E-state index < -0.39 is 0 Å². The van der Waals surface area contributed by atoms with E-state index in [0.717, 1.165) is 32.1 Å². The summed E-state index contributed by atoms with van der Waals surface area (Å²) in [4.78, 5) is 14.2. The maximum atomic E-state index is 11.7. The standard InChI is InChI=1S/C16H31N3O/c1-3-9-17-15-7-10-19(12-13(15)4-2)11-8-16(20)18-14-5-6-14/h13-15,17H,3-12H2,1-2H3,(H,18,20). The van der Waals surface area contributed by atoms with Crippen LogP contribution in [0.15, 0.2) is 0 Å². The van der Waals surface area contributed by atoms with Gasteiger partial charge in [0.1, 0.15) is 0 Å². The average molecular weight is 281 g/mol. The Hall–Kier alpha value is -0.610. The number of likely N-dealkylation sites (tertiary alicyclic amines) is 1. The van der Waals surface area contributed by atoms with Crippen LogP contribution in [0.5, 0.6) is 0 Å². The van der Waals surface area contributed by atoms with Crippen LogP contribution in [0.4, 0.5) is 0 Å². The summed E-state index contributed by atoms with van der Waals surface area (Å²) in [6.45, 7) is 8.85. The smallest absolute Gasteiger partial charge is 0.221 e. The molecular weight excluding hydrogens is 250 g/mol. The van der Waals surface area contributed by atoms with E-state index in [1.165, 1.54) is 32.1 Å². The molecule has 0 aromatic carbocycles. The molecule has 1 saturated carbocycles. The number of rotatable bonds is 8. The molecule has 20 heavy (non-hydrogen) atoms. The van der Waals surface area contributed by atoms with E-state index in [4.69, 9.17) is 0 Å². The molecule has 2 fully saturated rings. The minimum atomic E-state index is 0.242. The highest BCUT2D eigenvalue weighted by Crippen LogP contribution is 2.21. The van der Waals surface area contributed by atoms with E-state index in [0.29, 0.717) is 18.5 Å². The van der Waals surface area contributed by atoms with Gasteiger partial charge in [-0.2, -0.15) is 0 Å². The predicted molar refractivity (Wildman–Crippen MR) is 82.7 cm³/mol. The molecule has 1 amide bonds. The fourth-order valence-electron chi connectivity index (χ4n) is 3.11. The summed E-state index contributed by atoms with van der Waals surface area (Å²) in [5, 5.41) is 6.76. The van der Waals surface area contributed by atoms with Gasteiger partial charge in [-0.1, -0.05) is 20.3 Å². The van der Waals surface area contributed by atoms with Crippen molar-refractivity contribution in [1.29, 1.82) is 0 Å². The van der Waals surface area contributed by atoms with Gasteiger partial charge in [-0.3, -0.25) is 4.79 Å². The van der Waals surface area contributed by atoms with Crippen LogP contribution in [0.3, 0.4) is 0 Å². The molecule has 0 spiro atoms. The summed E-state index contributed by atoms with van der Waals surface area (Å²) in [7, 11) is 0. The van der Waals surface area contributed by atoms with E-state index >= 15 is 0 Å². The third-order valence-corrected chi connectivity index (χ3v) is 4.60. The Labute approximate surface area is 123 Å². The van der Waals surface area contributed by atoms with Crippen LogP contribution in [0.25, 0.3) is 0 Å². The molecule has 4 heteroatoms. The van der Waals surface area contributed by atoms with Gasteiger partial charge in [0, 0.05) is 31.6 Å². The predicted octanol–water partition coefficient (Wildman–Crippen LogP) is 1.76. The fraction of sp³-hybridized carbons (Fsp3) is 0.938. The van der Waals surface area contributed by atoms with Crippen LogP contribution in [0.1, 0.15) is 52.4 Å². The Kier molecular flexibility index (Phi) is 6.30. The second-order valence-electron chi connectivity index (χ2n) is 6.41. The van der Waals surface area contributed by atoms with Gasteiger partial charge in [0.2, 0.25) is 5.91 Å². The van der Waals surface area contributed by atoms with E-state index in [9.17, 15) is 4.79 Å². The third-order valence-electron chi connectivity index (χ3n) is 4.60. The van der Waals surface area contributed by atoms with Gasteiger partial charge in [-0.25, -0.2) is 0 Å². The van der Waals surface area contributed by atoms with Gasteiger partial charge in [0.05, 0.1) is 0 Å². The van der Waals surface area contributed by atoms with E-state index in [1.807, 2.05) is 0 Å². The molecule has 2 unspecified atom stereocenters. The van der Waals surface area contributed by atoms with Crippen molar-refractivity contribution in [2.24, 2.45) is 5.92 Å². The maximum Gasteiger partial charge on any atom is 0.221 e. The number of piperidine rings is 1. The molecule has 2 aliphatic rings. The average Bonchev–Trinajstić information content (AvgIpc) is 3.27. The molecule has 1 aliphatic carbocycles. The van der Waals surface area contributed by atoms with Crippen molar-refractivity contribution in [2.75, 3.05) is 26.2 Å². The summed E-state index contributed by atoms with van der Waals surface area (Å²) in [5.41, 5.74) is 0. The molecule has 2 N–H and O–H groups in total. The van der Waals surface area contributed by atoms with Gasteiger partial charge < -0.3 is 15.5 Å². The fourth-order valence-corrected chi connectivity index (χ4v) is 3.11. The van der Waals surface area contributed by atoms with Gasteiger partial charge in [-0.05, 0) is 44.7 Å². The van der Waals surface area contributed by atoms with Crippen molar-refractivity contribution in [3.05, 3.63) is 0 Å². The zero-order valence-electron chi connectivity index (χ0n) is 13.2. The van der Waals surface area contributed by atoms with Crippen molar-refractivity contribution in [3.63, 3.8) is 0 Å². The van der Waals surface area contributed by atoms with E-state index in [1.54, 1.807) is 0 Å². The summed E-state index contributed by atoms with van der Waals surface area (Å²) in [5.74, 6) is 0.980. The van der Waals surface area contributed by atoms with Crippen LogP contribution in [-0.2, 0) is 4.79 Å². The van der Waals surface area contributed by atoms with Crippen molar-refractivity contribution >= 4 is 5.91 Å². The number of amides is 1. The number of nitrogens with zero attached hydrogens (tertiary/aromatic N) is 1. The third kappa shape index (κ3) is 5.06. The summed E-state index contributed by atoms with van der Waals surface area (Å²) in [6.07, 6.45) is 6.68. The zero-order valence-corrected chi connectivity index (χ0v) is 13.2. The van der Waals surface area contributed by atoms with Crippen LogP contribution in [-0.4, -0.2) is 49.1 Å². The second-order valence-corrected chi connectivity index (χ2v) is 6.41. The van der Waals surface area contributed by atoms with Gasteiger partial charge >= 0.3 is 0 Å². The molecule has 0 bridgehead atoms. The summed E-state index contributed by atoms with van der Waals surface area (Å²) in [6, 6.07) is 1.17. The number of carbonyl (C=O) groups excluding carboxylic acids is 1. The minimum Gasteiger partial charge on any atom is -0.353 e. The molecule has 0 aromatic heterocycles. The highest BCUT2D eigenvalue weighted by atomic mass is 16.1. The molecule has 4 nitrogen and oxygen atoms in total. The van der Waals surface area contributed by atoms with Crippen molar-refractivity contribution in [2.45, 2.75) is 64.5 Å². The molecule has 1 heterocycles. The first-order valence-electron chi connectivity index (χ1n) is 8.48. The monoisotopic (exact) mass is 281 g/mol. The molecule has 0 radical (unpaired) electrons. The lowest BCUT2D eigenvalue weighted by atomic mass is 9.89. The largest absolute Gasteiger partial charge is 0.353 e. The Morgan fingerprint density at radius 3 is 2.70 bits per heavy atom. The Bertz CT molecular complexity index is 304. The molecule has 0 aromatic rings. The molecule has 2 rings (SSSR count). The van der Waals surface area contributed by atoms with Gasteiger partial charge in [-0.15, -0.1) is 0 Å². The van der Waals surface area contributed by atoms with Crippen LogP contribution in [0, 0.1) is 5.92 Å². The number of nitrogens with one attached hydrogen (secondary N) is 2. The first kappa shape index (κ1) is 15.8. The minimum absolute atomic E-state index is 0.242. The van der Waals surface area contributed by atoms with E-state index in [2.05, 4.69) is 29.4 Å². The SMILES string of the molecule is CCCNC1CCN(CCC(=O)NC2CC2)CC1CC. The molecule has 2 atom stereocenters. The summed E-state index contributed by atoms with van der Waals surface area (Å²) < 4.78 is 0. The Morgan fingerprint density at radius 2 is 2.05 bits per heavy atom. The lowest BCUT2D eigenvalue weighted by Crippen LogP contribution is -2.49. The van der Waals surface area contributed by atoms with Crippen molar-refractivity contribution < 1.29 is 4.79 Å². The lowest BCUT2D eigenvalue weighted by molar-refractivity contribution is -0.121. The molecule has 1 saturated heterocycles. The lowest BCUT2D eigenvalue weighted by Gasteiger charge is -2.38. The van der Waals surface area contributed by atoms with Crippen LogP contribution < -0.4 is 10.6 Å². The zero-order chi connectivity index (χ0) is 14.4. The highest BCUT2D eigenvalue weighted by molar-refractivity contribution is 5.76. The molecule has 116 valence electrons. The number of hydrogen-bond donors (Lipinski definition) is 2. The van der Waals surface area contributed by atoms with Gasteiger partial charge in [0.15, 0.2) is 0 Å². The Morgan fingerprint density at radius 1 is 1.25 bits per heavy atom. The number of hydrogen-bond acceptors (Lipinski definition) is 3. The highest BCUT2D eigenvalue weighted by Gasteiger charge is 2.28. The molecular formula is C16H31N3O. The van der Waals surface area contributed by atoms with E-state index in [-0.39, 0.29) is 5.91 Å². The Balaban J connectivity index is 1.67. The van der Waals surface area contributed by atoms with Crippen molar-refractivity contribution in [1.82, 2.24) is 15.5 Å². The first-order valence-corrected chi connectivity index (χ1v) is 8.48. The van der Waals surface area contributed by atoms with Crippen LogP contribution >= 0.6 is 0 Å². The molecule has 1 aliphatic heterocycles.